The van der Waals surface area contributed by atoms with E-state index >= 15 is 0 Å². The maximum Gasteiger partial charge on any atom is 0.234 e. The predicted octanol–water partition coefficient (Wildman–Crippen LogP) is 2.89. The van der Waals surface area contributed by atoms with Gasteiger partial charge in [-0.1, -0.05) is 26.0 Å². The van der Waals surface area contributed by atoms with Gasteiger partial charge in [0.2, 0.25) is 11.8 Å². The zero-order valence-corrected chi connectivity index (χ0v) is 14.5. The van der Waals surface area contributed by atoms with Crippen molar-refractivity contribution in [1.82, 2.24) is 5.32 Å². The fourth-order valence-electron chi connectivity index (χ4n) is 3.22. The lowest BCUT2D eigenvalue weighted by Crippen LogP contribution is -2.39. The molecule has 0 radical (unpaired) electrons. The smallest absolute Gasteiger partial charge is 0.234 e. The third kappa shape index (κ3) is 4.22. The first-order chi connectivity index (χ1) is 11.7. The van der Waals surface area contributed by atoms with Crippen LogP contribution in [0.5, 0.6) is 0 Å². The van der Waals surface area contributed by atoms with Gasteiger partial charge >= 0.3 is 0 Å². The number of benzene rings is 1. The minimum atomic E-state index is -0.229. The molecule has 2 saturated heterocycles. The van der Waals surface area contributed by atoms with Crippen molar-refractivity contribution in [2.45, 2.75) is 45.4 Å². The lowest BCUT2D eigenvalue weighted by molar-refractivity contribution is -0.134. The molecule has 2 aliphatic rings. The van der Waals surface area contributed by atoms with E-state index in [-0.39, 0.29) is 25.1 Å². The van der Waals surface area contributed by atoms with Gasteiger partial charge < -0.3 is 9.69 Å². The van der Waals surface area contributed by atoms with Gasteiger partial charge in [-0.25, -0.2) is 0 Å². The van der Waals surface area contributed by atoms with Crippen LogP contribution in [-0.2, 0) is 14.4 Å². The number of amides is 2. The highest BCUT2D eigenvalue weighted by atomic mass is 16.2. The van der Waals surface area contributed by atoms with Gasteiger partial charge in [-0.05, 0) is 37.0 Å². The maximum absolute atomic E-state index is 11.9. The summed E-state index contributed by atoms with van der Waals surface area (Å²) in [7, 11) is 0. The Labute approximate surface area is 144 Å². The Kier molecular flexibility index (Phi) is 6.53. The third-order valence-corrected chi connectivity index (χ3v) is 4.63. The molecule has 0 saturated carbocycles. The summed E-state index contributed by atoms with van der Waals surface area (Å²) in [5, 5.41) is 2.40. The van der Waals surface area contributed by atoms with Crippen LogP contribution >= 0.6 is 0 Å². The second-order valence-electron chi connectivity index (χ2n) is 6.06. The topological polar surface area (TPSA) is 66.5 Å². The minimum Gasteiger partial charge on any atom is -0.371 e. The average Bonchev–Trinajstić information content (AvgIpc) is 2.64. The number of nitrogens with zero attached hydrogens (tertiary/aromatic N) is 1. The van der Waals surface area contributed by atoms with Crippen molar-refractivity contribution < 1.29 is 15.8 Å². The molecule has 5 nitrogen and oxygen atoms in total. The number of anilines is 1. The number of nitrogens with one attached hydrogen (secondary N) is 1. The number of imide groups is 1. The zero-order valence-electron chi connectivity index (χ0n) is 14.5. The maximum atomic E-state index is 11.9. The molecule has 1 aromatic rings. The Morgan fingerprint density at radius 3 is 2.25 bits per heavy atom. The van der Waals surface area contributed by atoms with Gasteiger partial charge in [-0.2, -0.15) is 0 Å². The van der Waals surface area contributed by atoms with E-state index in [0.29, 0.717) is 12.8 Å². The highest BCUT2D eigenvalue weighted by Gasteiger charge is 2.28. The van der Waals surface area contributed by atoms with Gasteiger partial charge in [0.25, 0.3) is 0 Å². The molecule has 2 heterocycles. The van der Waals surface area contributed by atoms with E-state index in [2.05, 4.69) is 10.2 Å². The highest BCUT2D eigenvalue weighted by Crippen LogP contribution is 2.28. The molecule has 2 amide bonds. The first kappa shape index (κ1) is 18.2. The summed E-state index contributed by atoms with van der Waals surface area (Å²) in [6, 6.07) is 8.00. The van der Waals surface area contributed by atoms with Crippen LogP contribution in [0.25, 0.3) is 0 Å². The van der Waals surface area contributed by atoms with E-state index in [9.17, 15) is 14.4 Å². The van der Waals surface area contributed by atoms with Gasteiger partial charge in [-0.3, -0.25) is 14.9 Å². The summed E-state index contributed by atoms with van der Waals surface area (Å²) in [6.07, 6.45) is 3.84. The van der Waals surface area contributed by atoms with Crippen LogP contribution in [0.2, 0.25) is 0 Å². The number of hydrogen-bond acceptors (Lipinski definition) is 4. The van der Waals surface area contributed by atoms with Gasteiger partial charge in [0, 0.05) is 32.5 Å². The van der Waals surface area contributed by atoms with Gasteiger partial charge in [0.15, 0.2) is 0 Å². The Balaban J connectivity index is 0.00000101. The van der Waals surface area contributed by atoms with Crippen molar-refractivity contribution in [3.63, 3.8) is 0 Å². The fourth-order valence-corrected chi connectivity index (χ4v) is 3.22. The van der Waals surface area contributed by atoms with Crippen molar-refractivity contribution in [3.05, 3.63) is 29.8 Å². The summed E-state index contributed by atoms with van der Waals surface area (Å²) in [5.74, 6) is -0.418. The van der Waals surface area contributed by atoms with E-state index < -0.39 is 0 Å². The second-order valence-corrected chi connectivity index (χ2v) is 6.06. The standard InChI is InChI=1S/C17H20N2O3.C2H6.H2/c20-11-12-7-9-19(10-8-12)14-3-1-13(2-4-14)15-5-6-16(21)18-17(15)22;1-2;/h1-4,11-12,15H,5-10H2,(H,18,21,22);1-2H3;1H/t15-;;/m1../s1. The van der Waals surface area contributed by atoms with E-state index in [1.165, 1.54) is 0 Å². The third-order valence-electron chi connectivity index (χ3n) is 4.63. The zero-order chi connectivity index (χ0) is 17.5. The largest absolute Gasteiger partial charge is 0.371 e. The molecule has 24 heavy (non-hydrogen) atoms. The van der Waals surface area contributed by atoms with E-state index in [1.807, 2.05) is 38.1 Å². The Bertz CT molecular complexity index is 581. The molecule has 1 aromatic carbocycles. The second kappa shape index (κ2) is 8.62. The highest BCUT2D eigenvalue weighted by molar-refractivity contribution is 6.00. The molecule has 0 aliphatic carbocycles. The van der Waals surface area contributed by atoms with Crippen LogP contribution < -0.4 is 10.2 Å². The number of aldehydes is 1. The van der Waals surface area contributed by atoms with Gasteiger partial charge in [0.1, 0.15) is 6.29 Å². The number of carbonyl (C=O) groups is 3. The first-order valence-electron chi connectivity index (χ1n) is 8.81. The molecule has 0 spiro atoms. The quantitative estimate of drug-likeness (QED) is 0.683. The Hall–Kier alpha value is -2.17. The lowest BCUT2D eigenvalue weighted by Gasteiger charge is -2.32. The molecule has 0 unspecified atom stereocenters. The van der Waals surface area contributed by atoms with Crippen LogP contribution in [0.4, 0.5) is 5.69 Å². The predicted molar refractivity (Wildman–Crippen MR) is 96.0 cm³/mol. The summed E-state index contributed by atoms with van der Waals surface area (Å²) in [6.45, 7) is 5.78. The summed E-state index contributed by atoms with van der Waals surface area (Å²) in [4.78, 5) is 36.2. The van der Waals surface area contributed by atoms with Crippen LogP contribution in [0, 0.1) is 5.92 Å². The molecule has 3 rings (SSSR count). The molecule has 0 aromatic heterocycles. The van der Waals surface area contributed by atoms with Crippen molar-refractivity contribution in [1.29, 1.82) is 0 Å². The Morgan fingerprint density at radius 1 is 1.08 bits per heavy atom. The normalized spacial score (nSPS) is 21.6. The average molecular weight is 332 g/mol. The molecular formula is C19H28N2O3. The number of carbonyl (C=O) groups excluding carboxylic acids is 3. The van der Waals surface area contributed by atoms with Gasteiger partial charge in [0.05, 0.1) is 5.92 Å². The molecular weight excluding hydrogens is 304 g/mol. The lowest BCUT2D eigenvalue weighted by atomic mass is 9.90. The Morgan fingerprint density at radius 2 is 1.71 bits per heavy atom. The molecule has 2 aliphatic heterocycles. The van der Waals surface area contributed by atoms with Crippen molar-refractivity contribution in [2.75, 3.05) is 18.0 Å². The minimum absolute atomic E-state index is 0. The molecule has 132 valence electrons. The molecule has 1 atom stereocenters. The summed E-state index contributed by atoms with van der Waals surface area (Å²) in [5.41, 5.74) is 2.08. The molecule has 5 heteroatoms. The first-order valence-corrected chi connectivity index (χ1v) is 8.81. The summed E-state index contributed by atoms with van der Waals surface area (Å²) < 4.78 is 0. The van der Waals surface area contributed by atoms with Crippen LogP contribution in [0.15, 0.2) is 24.3 Å². The van der Waals surface area contributed by atoms with Crippen molar-refractivity contribution in [2.24, 2.45) is 5.92 Å². The van der Waals surface area contributed by atoms with E-state index in [1.54, 1.807) is 0 Å². The van der Waals surface area contributed by atoms with Crippen LogP contribution in [-0.4, -0.2) is 31.2 Å². The van der Waals surface area contributed by atoms with Crippen LogP contribution in [0.3, 0.4) is 0 Å². The fraction of sp³-hybridized carbons (Fsp3) is 0.526. The number of piperidine rings is 2. The molecule has 0 bridgehead atoms. The van der Waals surface area contributed by atoms with E-state index in [0.717, 1.165) is 43.5 Å². The van der Waals surface area contributed by atoms with Crippen LogP contribution in [0.1, 0.15) is 52.4 Å². The summed E-state index contributed by atoms with van der Waals surface area (Å²) >= 11 is 0. The molecule has 1 N–H and O–H groups in total. The monoisotopic (exact) mass is 332 g/mol. The number of hydrogen-bond donors (Lipinski definition) is 1. The molecule has 2 fully saturated rings. The van der Waals surface area contributed by atoms with Crippen molar-refractivity contribution >= 4 is 23.8 Å². The van der Waals surface area contributed by atoms with Crippen molar-refractivity contribution in [3.8, 4) is 0 Å². The SMILES string of the molecule is CC.O=CC1CCN(c2ccc([C@H]3CCC(=O)NC3=O)cc2)CC1.[HH]. The van der Waals surface area contributed by atoms with E-state index in [4.69, 9.17) is 0 Å². The number of rotatable bonds is 3. The van der Waals surface area contributed by atoms with Gasteiger partial charge in [-0.15, -0.1) is 0 Å².